The predicted octanol–water partition coefficient (Wildman–Crippen LogP) is 1.52. The average molecular weight is 231 g/mol. The van der Waals surface area contributed by atoms with Crippen LogP contribution in [-0.2, 0) is 10.1 Å². The molecule has 0 unspecified atom stereocenters. The number of hydrogen-bond acceptors (Lipinski definition) is 2. The molecule has 0 bridgehead atoms. The summed E-state index contributed by atoms with van der Waals surface area (Å²) in [4.78, 5) is -0.197. The molecule has 0 aliphatic carbocycles. The Morgan fingerprint density at radius 2 is 2.00 bits per heavy atom. The van der Waals surface area contributed by atoms with Gasteiger partial charge in [-0.2, -0.15) is 8.42 Å². The molecule has 0 atom stereocenters. The van der Waals surface area contributed by atoms with Crippen LogP contribution in [-0.4, -0.2) is 18.9 Å². The SMILES string of the molecule is O=S(=O)(O)c1ccccc1C#CCCl. The van der Waals surface area contributed by atoms with E-state index in [1.807, 2.05) is 0 Å². The number of halogens is 1. The molecule has 0 aliphatic heterocycles. The first kappa shape index (κ1) is 11.1. The Morgan fingerprint density at radius 1 is 1.36 bits per heavy atom. The molecule has 14 heavy (non-hydrogen) atoms. The van der Waals surface area contributed by atoms with Gasteiger partial charge in [0.2, 0.25) is 0 Å². The number of benzene rings is 1. The second-order valence-corrected chi connectivity index (χ2v) is 4.06. The van der Waals surface area contributed by atoms with E-state index in [0.29, 0.717) is 0 Å². The second kappa shape index (κ2) is 4.47. The van der Waals surface area contributed by atoms with E-state index in [1.54, 1.807) is 6.07 Å². The molecule has 0 aromatic heterocycles. The third-order valence-corrected chi connectivity index (χ3v) is 2.50. The summed E-state index contributed by atoms with van der Waals surface area (Å²) in [5.41, 5.74) is 0.246. The normalized spacial score (nSPS) is 10.4. The minimum atomic E-state index is -4.21. The van der Waals surface area contributed by atoms with Gasteiger partial charge in [-0.3, -0.25) is 4.55 Å². The van der Waals surface area contributed by atoms with Crippen molar-refractivity contribution in [1.29, 1.82) is 0 Å². The van der Waals surface area contributed by atoms with E-state index in [2.05, 4.69) is 11.8 Å². The molecule has 0 radical (unpaired) electrons. The molecule has 74 valence electrons. The molecule has 5 heteroatoms. The summed E-state index contributed by atoms with van der Waals surface area (Å²) in [6, 6.07) is 5.93. The van der Waals surface area contributed by atoms with Crippen molar-refractivity contribution in [3.63, 3.8) is 0 Å². The molecule has 0 amide bonds. The van der Waals surface area contributed by atoms with Crippen LogP contribution in [0.15, 0.2) is 29.2 Å². The van der Waals surface area contributed by atoms with Crippen LogP contribution in [0.1, 0.15) is 5.56 Å². The lowest BCUT2D eigenvalue weighted by molar-refractivity contribution is 0.483. The molecule has 3 nitrogen and oxygen atoms in total. The van der Waals surface area contributed by atoms with Crippen molar-refractivity contribution in [3.05, 3.63) is 29.8 Å². The fourth-order valence-electron chi connectivity index (χ4n) is 0.923. The highest BCUT2D eigenvalue weighted by molar-refractivity contribution is 7.85. The molecular weight excluding hydrogens is 224 g/mol. The topological polar surface area (TPSA) is 54.4 Å². The van der Waals surface area contributed by atoms with Gasteiger partial charge in [0.25, 0.3) is 10.1 Å². The van der Waals surface area contributed by atoms with Crippen LogP contribution < -0.4 is 0 Å². The Hall–Kier alpha value is -1.02. The van der Waals surface area contributed by atoms with Crippen molar-refractivity contribution in [2.45, 2.75) is 4.90 Å². The maximum absolute atomic E-state index is 10.9. The summed E-state index contributed by atoms with van der Waals surface area (Å²) in [7, 11) is -4.21. The van der Waals surface area contributed by atoms with Gasteiger partial charge in [-0.15, -0.1) is 11.6 Å². The molecule has 0 heterocycles. The fraction of sp³-hybridized carbons (Fsp3) is 0.111. The molecule has 1 aromatic rings. The Labute approximate surface area is 87.5 Å². The van der Waals surface area contributed by atoms with Gasteiger partial charge in [0, 0.05) is 5.56 Å². The zero-order chi connectivity index (χ0) is 10.6. The summed E-state index contributed by atoms with van der Waals surface area (Å²) in [6.45, 7) is 0. The largest absolute Gasteiger partial charge is 0.295 e. The Balaban J connectivity index is 3.31. The van der Waals surface area contributed by atoms with Crippen molar-refractivity contribution in [1.82, 2.24) is 0 Å². The maximum Gasteiger partial charge on any atom is 0.295 e. The average Bonchev–Trinajstić information content (AvgIpc) is 2.14. The predicted molar refractivity (Wildman–Crippen MR) is 53.9 cm³/mol. The van der Waals surface area contributed by atoms with Gasteiger partial charge < -0.3 is 0 Å². The summed E-state index contributed by atoms with van der Waals surface area (Å²) in [5.74, 6) is 5.18. The van der Waals surface area contributed by atoms with E-state index in [9.17, 15) is 8.42 Å². The first-order valence-corrected chi connectivity index (χ1v) is 5.64. The molecular formula is C9H7ClO3S. The standard InChI is InChI=1S/C9H7ClO3S/c10-7-3-5-8-4-1-2-6-9(8)14(11,12)13/h1-2,4,6H,7H2,(H,11,12,13). The highest BCUT2D eigenvalue weighted by atomic mass is 35.5. The van der Waals surface area contributed by atoms with Crippen LogP contribution in [0, 0.1) is 11.8 Å². The lowest BCUT2D eigenvalue weighted by Crippen LogP contribution is -2.00. The minimum Gasteiger partial charge on any atom is -0.282 e. The first-order chi connectivity index (χ1) is 6.55. The molecule has 0 saturated carbocycles. The van der Waals surface area contributed by atoms with Gasteiger partial charge in [0.1, 0.15) is 4.90 Å². The maximum atomic E-state index is 10.9. The molecule has 0 saturated heterocycles. The summed E-state index contributed by atoms with van der Waals surface area (Å²) in [6.07, 6.45) is 0. The van der Waals surface area contributed by atoms with Crippen molar-refractivity contribution < 1.29 is 13.0 Å². The van der Waals surface area contributed by atoms with Gasteiger partial charge in [-0.05, 0) is 12.1 Å². The summed E-state index contributed by atoms with van der Waals surface area (Å²) in [5, 5.41) is 0. The lowest BCUT2D eigenvalue weighted by atomic mass is 10.2. The molecule has 0 fully saturated rings. The van der Waals surface area contributed by atoms with Crippen LogP contribution in [0.2, 0.25) is 0 Å². The van der Waals surface area contributed by atoms with Crippen molar-refractivity contribution in [2.24, 2.45) is 0 Å². The van der Waals surface area contributed by atoms with Gasteiger partial charge in [-0.25, -0.2) is 0 Å². The Morgan fingerprint density at radius 3 is 2.57 bits per heavy atom. The van der Waals surface area contributed by atoms with Crippen LogP contribution in [0.3, 0.4) is 0 Å². The van der Waals surface area contributed by atoms with Crippen LogP contribution >= 0.6 is 11.6 Å². The van der Waals surface area contributed by atoms with E-state index in [0.717, 1.165) is 0 Å². The third-order valence-electron chi connectivity index (χ3n) is 1.45. The first-order valence-electron chi connectivity index (χ1n) is 3.67. The zero-order valence-electron chi connectivity index (χ0n) is 7.07. The van der Waals surface area contributed by atoms with Gasteiger partial charge >= 0.3 is 0 Å². The Kier molecular flexibility index (Phi) is 3.53. The quantitative estimate of drug-likeness (QED) is 0.452. The van der Waals surface area contributed by atoms with Crippen molar-refractivity contribution >= 4 is 21.7 Å². The van der Waals surface area contributed by atoms with E-state index in [4.69, 9.17) is 16.2 Å². The molecule has 1 N–H and O–H groups in total. The summed E-state index contributed by atoms with van der Waals surface area (Å²) < 4.78 is 30.6. The van der Waals surface area contributed by atoms with Crippen LogP contribution in [0.5, 0.6) is 0 Å². The Bertz CT molecular complexity index is 482. The van der Waals surface area contributed by atoms with E-state index < -0.39 is 10.1 Å². The van der Waals surface area contributed by atoms with Crippen LogP contribution in [0.25, 0.3) is 0 Å². The smallest absolute Gasteiger partial charge is 0.282 e. The minimum absolute atomic E-state index is 0.111. The van der Waals surface area contributed by atoms with E-state index in [1.165, 1.54) is 18.2 Å². The lowest BCUT2D eigenvalue weighted by Gasteiger charge is -1.98. The van der Waals surface area contributed by atoms with E-state index in [-0.39, 0.29) is 16.3 Å². The number of hydrogen-bond donors (Lipinski definition) is 1. The van der Waals surface area contributed by atoms with E-state index >= 15 is 0 Å². The number of alkyl halides is 1. The highest BCUT2D eigenvalue weighted by Crippen LogP contribution is 2.13. The van der Waals surface area contributed by atoms with Gasteiger partial charge in [-0.1, -0.05) is 24.0 Å². The molecule has 1 aromatic carbocycles. The monoisotopic (exact) mass is 230 g/mol. The van der Waals surface area contributed by atoms with Gasteiger partial charge in [0.15, 0.2) is 0 Å². The number of rotatable bonds is 1. The second-order valence-electron chi connectivity index (χ2n) is 2.41. The molecule has 0 aliphatic rings. The van der Waals surface area contributed by atoms with Crippen molar-refractivity contribution in [2.75, 3.05) is 5.88 Å². The molecule has 0 spiro atoms. The van der Waals surface area contributed by atoms with Gasteiger partial charge in [0.05, 0.1) is 5.88 Å². The van der Waals surface area contributed by atoms with Crippen molar-refractivity contribution in [3.8, 4) is 11.8 Å². The van der Waals surface area contributed by atoms with Crippen LogP contribution in [0.4, 0.5) is 0 Å². The fourth-order valence-corrected chi connectivity index (χ4v) is 1.64. The highest BCUT2D eigenvalue weighted by Gasteiger charge is 2.12. The summed E-state index contributed by atoms with van der Waals surface area (Å²) >= 11 is 5.33. The zero-order valence-corrected chi connectivity index (χ0v) is 8.64. The third kappa shape index (κ3) is 2.74. The molecule has 1 rings (SSSR count).